The molecule has 0 saturated heterocycles. The maximum absolute atomic E-state index is 13.4. The molecule has 18 heavy (non-hydrogen) atoms. The Morgan fingerprint density at radius 3 is 2.56 bits per heavy atom. The van der Waals surface area contributed by atoms with Crippen molar-refractivity contribution in [3.8, 4) is 5.75 Å². The highest BCUT2D eigenvalue weighted by atomic mass is 28.2. The fourth-order valence-electron chi connectivity index (χ4n) is 1.53. The van der Waals surface area contributed by atoms with Crippen LogP contribution in [0.2, 0.25) is 0 Å². The van der Waals surface area contributed by atoms with E-state index in [-0.39, 0.29) is 15.5 Å². The highest BCUT2D eigenvalue weighted by molar-refractivity contribution is 6.48. The van der Waals surface area contributed by atoms with Crippen LogP contribution in [-0.4, -0.2) is 9.76 Å². The Labute approximate surface area is 107 Å². The lowest BCUT2D eigenvalue weighted by atomic mass is 10.1. The van der Waals surface area contributed by atoms with E-state index in [1.54, 1.807) is 0 Å². The Balaban J connectivity index is 2.14. The molecule has 2 rings (SSSR count). The summed E-state index contributed by atoms with van der Waals surface area (Å²) in [4.78, 5) is 0. The summed E-state index contributed by atoms with van der Waals surface area (Å²) < 4.78 is 31.5. The predicted molar refractivity (Wildman–Crippen MR) is 68.3 cm³/mol. The van der Waals surface area contributed by atoms with Crippen molar-refractivity contribution >= 4 is 14.9 Å². The first-order chi connectivity index (χ1) is 8.58. The first kappa shape index (κ1) is 12.8. The lowest BCUT2D eigenvalue weighted by molar-refractivity contribution is 0.509. The summed E-state index contributed by atoms with van der Waals surface area (Å²) in [5.74, 6) is -1.20. The molecule has 0 saturated carbocycles. The van der Waals surface area contributed by atoms with E-state index in [1.807, 2.05) is 32.0 Å². The molecule has 4 heteroatoms. The summed E-state index contributed by atoms with van der Waals surface area (Å²) >= 11 is 0. The maximum atomic E-state index is 13.4. The fourth-order valence-corrected chi connectivity index (χ4v) is 2.43. The number of halogens is 2. The van der Waals surface area contributed by atoms with E-state index in [0.717, 1.165) is 16.8 Å². The van der Waals surface area contributed by atoms with Crippen molar-refractivity contribution in [3.63, 3.8) is 0 Å². The van der Waals surface area contributed by atoms with E-state index >= 15 is 0 Å². The van der Waals surface area contributed by atoms with Crippen molar-refractivity contribution in [1.29, 1.82) is 0 Å². The quantitative estimate of drug-likeness (QED) is 0.773. The second-order valence-corrected chi connectivity index (χ2v) is 4.97. The molecule has 0 unspecified atom stereocenters. The van der Waals surface area contributed by atoms with Crippen LogP contribution in [0.4, 0.5) is 8.78 Å². The Hall–Kier alpha value is -1.68. The third kappa shape index (κ3) is 2.76. The molecule has 0 fully saturated rings. The highest BCUT2D eigenvalue weighted by Gasteiger charge is 2.08. The molecular weight excluding hydrogens is 250 g/mol. The molecule has 0 spiro atoms. The van der Waals surface area contributed by atoms with Gasteiger partial charge in [0.05, 0.1) is 0 Å². The second-order valence-electron chi connectivity index (χ2n) is 4.03. The van der Waals surface area contributed by atoms with Crippen LogP contribution < -0.4 is 9.61 Å². The summed E-state index contributed by atoms with van der Waals surface area (Å²) in [5.41, 5.74) is 2.31. The third-order valence-corrected chi connectivity index (χ3v) is 3.85. The van der Waals surface area contributed by atoms with E-state index < -0.39 is 11.6 Å². The summed E-state index contributed by atoms with van der Waals surface area (Å²) in [6.07, 6.45) is 0. The normalized spacial score (nSPS) is 10.4. The second kappa shape index (κ2) is 5.31. The standard InChI is InChI=1S/C14H12F2OSi/c1-9-4-3-5-14(10(9)2)18-17-13-7-6-11(15)8-12(13)16/h3-8H,1-2H3. The largest absolute Gasteiger partial charge is 0.534 e. The van der Waals surface area contributed by atoms with Crippen LogP contribution in [0.1, 0.15) is 11.1 Å². The first-order valence-electron chi connectivity index (χ1n) is 5.52. The Morgan fingerprint density at radius 1 is 1.06 bits per heavy atom. The van der Waals surface area contributed by atoms with Crippen molar-refractivity contribution in [3.05, 3.63) is 59.2 Å². The number of hydrogen-bond donors (Lipinski definition) is 0. The maximum Gasteiger partial charge on any atom is 0.351 e. The average molecular weight is 262 g/mol. The van der Waals surface area contributed by atoms with E-state index in [2.05, 4.69) is 0 Å². The zero-order chi connectivity index (χ0) is 13.1. The number of hydrogen-bond acceptors (Lipinski definition) is 1. The van der Waals surface area contributed by atoms with Crippen molar-refractivity contribution in [1.82, 2.24) is 0 Å². The van der Waals surface area contributed by atoms with Crippen LogP contribution in [0, 0.1) is 25.5 Å². The van der Waals surface area contributed by atoms with Gasteiger partial charge in [0.2, 0.25) is 0 Å². The van der Waals surface area contributed by atoms with Crippen molar-refractivity contribution < 1.29 is 13.2 Å². The minimum absolute atomic E-state index is 0.00787. The van der Waals surface area contributed by atoms with Crippen LogP contribution in [0.5, 0.6) is 5.75 Å². The zero-order valence-electron chi connectivity index (χ0n) is 10.1. The van der Waals surface area contributed by atoms with Crippen LogP contribution in [0.3, 0.4) is 0 Å². The van der Waals surface area contributed by atoms with Gasteiger partial charge in [0.25, 0.3) is 0 Å². The molecule has 0 aromatic heterocycles. The molecule has 0 amide bonds. The van der Waals surface area contributed by atoms with E-state index in [1.165, 1.54) is 17.7 Å². The van der Waals surface area contributed by atoms with Gasteiger partial charge >= 0.3 is 9.76 Å². The predicted octanol–water partition coefficient (Wildman–Crippen LogP) is 2.91. The molecule has 0 heterocycles. The summed E-state index contributed by atoms with van der Waals surface area (Å²) in [7, 11) is 0.00787. The molecule has 0 aliphatic carbocycles. The van der Waals surface area contributed by atoms with Gasteiger partial charge in [0.1, 0.15) is 11.6 Å². The highest BCUT2D eigenvalue weighted by Crippen LogP contribution is 2.17. The Bertz CT molecular complexity index is 570. The molecule has 92 valence electrons. The molecule has 0 bridgehead atoms. The number of benzene rings is 2. The van der Waals surface area contributed by atoms with E-state index in [9.17, 15) is 8.78 Å². The van der Waals surface area contributed by atoms with Gasteiger partial charge in [-0.25, -0.2) is 8.78 Å². The minimum Gasteiger partial charge on any atom is -0.534 e. The minimum atomic E-state index is -0.673. The van der Waals surface area contributed by atoms with Crippen LogP contribution in [-0.2, 0) is 0 Å². The monoisotopic (exact) mass is 262 g/mol. The summed E-state index contributed by atoms with van der Waals surface area (Å²) in [5, 5.41) is 1.03. The van der Waals surface area contributed by atoms with Gasteiger partial charge in [0.15, 0.2) is 5.82 Å². The molecule has 0 aliphatic rings. The zero-order valence-corrected chi connectivity index (χ0v) is 11.1. The molecule has 0 atom stereocenters. The van der Waals surface area contributed by atoms with Gasteiger partial charge in [0, 0.05) is 6.07 Å². The van der Waals surface area contributed by atoms with Gasteiger partial charge in [-0.3, -0.25) is 0 Å². The van der Waals surface area contributed by atoms with Crippen molar-refractivity contribution in [2.24, 2.45) is 0 Å². The molecule has 2 radical (unpaired) electrons. The third-order valence-electron chi connectivity index (χ3n) is 2.77. The first-order valence-corrected chi connectivity index (χ1v) is 6.43. The molecule has 2 aromatic rings. The van der Waals surface area contributed by atoms with Gasteiger partial charge < -0.3 is 4.43 Å². The van der Waals surface area contributed by atoms with E-state index in [4.69, 9.17) is 4.43 Å². The number of aryl methyl sites for hydroxylation is 1. The lowest BCUT2D eigenvalue weighted by Crippen LogP contribution is -2.24. The van der Waals surface area contributed by atoms with E-state index in [0.29, 0.717) is 0 Å². The molecule has 0 aliphatic heterocycles. The van der Waals surface area contributed by atoms with Gasteiger partial charge in [-0.1, -0.05) is 18.2 Å². The molecule has 2 aromatic carbocycles. The average Bonchev–Trinajstić information content (AvgIpc) is 2.33. The van der Waals surface area contributed by atoms with Crippen molar-refractivity contribution in [2.45, 2.75) is 13.8 Å². The fraction of sp³-hybridized carbons (Fsp3) is 0.143. The Kier molecular flexibility index (Phi) is 3.77. The number of rotatable bonds is 3. The molecule has 1 nitrogen and oxygen atoms in total. The summed E-state index contributed by atoms with van der Waals surface area (Å²) in [6, 6.07) is 9.22. The van der Waals surface area contributed by atoms with Gasteiger partial charge in [-0.05, 0) is 42.3 Å². The lowest BCUT2D eigenvalue weighted by Gasteiger charge is -2.09. The molecule has 0 N–H and O–H groups in total. The van der Waals surface area contributed by atoms with Crippen molar-refractivity contribution in [2.75, 3.05) is 0 Å². The molecular formula is C14H12F2OSi. The van der Waals surface area contributed by atoms with Gasteiger partial charge in [-0.15, -0.1) is 0 Å². The summed E-state index contributed by atoms with van der Waals surface area (Å²) in [6.45, 7) is 4.02. The van der Waals surface area contributed by atoms with Crippen LogP contribution in [0.25, 0.3) is 0 Å². The van der Waals surface area contributed by atoms with Crippen LogP contribution in [0.15, 0.2) is 36.4 Å². The smallest absolute Gasteiger partial charge is 0.351 e. The van der Waals surface area contributed by atoms with Crippen LogP contribution >= 0.6 is 0 Å². The Morgan fingerprint density at radius 2 is 1.83 bits per heavy atom. The SMILES string of the molecule is Cc1cccc([Si]Oc2ccc(F)cc2F)c1C. The van der Waals surface area contributed by atoms with Gasteiger partial charge in [-0.2, -0.15) is 0 Å². The topological polar surface area (TPSA) is 9.23 Å².